The van der Waals surface area contributed by atoms with Crippen molar-refractivity contribution in [2.24, 2.45) is 4.99 Å². The van der Waals surface area contributed by atoms with E-state index in [4.69, 9.17) is 0 Å². The molecule has 0 N–H and O–H groups in total. The van der Waals surface area contributed by atoms with Crippen molar-refractivity contribution in [3.8, 4) is 11.3 Å². The molecule has 0 aliphatic rings. The summed E-state index contributed by atoms with van der Waals surface area (Å²) in [7, 11) is 0. The molecule has 116 valence electrons. The topological polar surface area (TPSA) is 60.4 Å². The third-order valence-electron chi connectivity index (χ3n) is 3.45. The van der Waals surface area contributed by atoms with E-state index in [0.717, 1.165) is 28.3 Å². The van der Waals surface area contributed by atoms with Crippen molar-refractivity contribution in [1.29, 1.82) is 0 Å². The molecule has 0 fully saturated rings. The van der Waals surface area contributed by atoms with Crippen molar-refractivity contribution in [1.82, 2.24) is 4.57 Å². The molecule has 0 spiro atoms. The van der Waals surface area contributed by atoms with Gasteiger partial charge in [0, 0.05) is 29.6 Å². The number of aromatic nitrogens is 1. The highest BCUT2D eigenvalue weighted by atomic mass is 32.1. The van der Waals surface area contributed by atoms with Gasteiger partial charge in [0.2, 0.25) is 0 Å². The molecule has 0 bridgehead atoms. The minimum Gasteiger partial charge on any atom is -0.317 e. The van der Waals surface area contributed by atoms with Gasteiger partial charge < -0.3 is 4.57 Å². The summed E-state index contributed by atoms with van der Waals surface area (Å²) in [4.78, 5) is 16.1. The Kier molecular flexibility index (Phi) is 4.34. The average molecular weight is 325 g/mol. The first kappa shape index (κ1) is 15.2. The Morgan fingerprint density at radius 1 is 1.17 bits per heavy atom. The van der Waals surface area contributed by atoms with Gasteiger partial charge in [-0.25, -0.2) is 4.99 Å². The number of para-hydroxylation sites is 1. The maximum atomic E-state index is 11.0. The zero-order chi connectivity index (χ0) is 16.2. The van der Waals surface area contributed by atoms with E-state index >= 15 is 0 Å². The second-order valence-corrected chi connectivity index (χ2v) is 5.74. The molecule has 3 aromatic rings. The van der Waals surface area contributed by atoms with Gasteiger partial charge >= 0.3 is 0 Å². The second-order valence-electron chi connectivity index (χ2n) is 4.90. The molecule has 2 aromatic carbocycles. The molecule has 1 aromatic heterocycles. The molecule has 0 amide bonds. The Morgan fingerprint density at radius 3 is 2.65 bits per heavy atom. The standard InChI is InChI=1S/C17H15N3O2S/c1-2-19-16(13-7-6-10-15(11-13)20(21)22)12-23-17(19)18-14-8-4-3-5-9-14/h3-12H,2H2,1H3. The maximum Gasteiger partial charge on any atom is 0.270 e. The monoisotopic (exact) mass is 325 g/mol. The zero-order valence-corrected chi connectivity index (χ0v) is 13.4. The van der Waals surface area contributed by atoms with Gasteiger partial charge in [0.05, 0.1) is 16.3 Å². The van der Waals surface area contributed by atoms with Gasteiger partial charge in [-0.05, 0) is 19.1 Å². The second kappa shape index (κ2) is 6.58. The first-order chi connectivity index (χ1) is 11.2. The Labute approximate surface area is 137 Å². The number of hydrogen-bond donors (Lipinski definition) is 0. The van der Waals surface area contributed by atoms with Gasteiger partial charge in [0.15, 0.2) is 4.80 Å². The average Bonchev–Trinajstić information content (AvgIpc) is 2.98. The lowest BCUT2D eigenvalue weighted by molar-refractivity contribution is -0.384. The number of nitro groups is 1. The van der Waals surface area contributed by atoms with Gasteiger partial charge in [0.1, 0.15) is 0 Å². The van der Waals surface area contributed by atoms with Crippen LogP contribution in [-0.4, -0.2) is 9.49 Å². The molecule has 0 unspecified atom stereocenters. The predicted molar refractivity (Wildman–Crippen MR) is 91.7 cm³/mol. The number of nitro benzene ring substituents is 1. The molecule has 23 heavy (non-hydrogen) atoms. The summed E-state index contributed by atoms with van der Waals surface area (Å²) in [5, 5.41) is 13.0. The van der Waals surface area contributed by atoms with E-state index in [2.05, 4.69) is 9.56 Å². The van der Waals surface area contributed by atoms with E-state index in [0.29, 0.717) is 0 Å². The number of thiazole rings is 1. The van der Waals surface area contributed by atoms with Gasteiger partial charge in [-0.1, -0.05) is 30.3 Å². The van der Waals surface area contributed by atoms with Crippen LogP contribution in [0.4, 0.5) is 11.4 Å². The molecule has 0 saturated carbocycles. The van der Waals surface area contributed by atoms with Crippen molar-refractivity contribution in [3.05, 3.63) is 74.9 Å². The minimum absolute atomic E-state index is 0.0953. The van der Waals surface area contributed by atoms with Crippen molar-refractivity contribution in [3.63, 3.8) is 0 Å². The lowest BCUT2D eigenvalue weighted by Gasteiger charge is -2.06. The van der Waals surface area contributed by atoms with Crippen molar-refractivity contribution >= 4 is 22.7 Å². The van der Waals surface area contributed by atoms with E-state index in [1.807, 2.05) is 48.7 Å². The van der Waals surface area contributed by atoms with E-state index in [-0.39, 0.29) is 10.6 Å². The Bertz CT molecular complexity index is 897. The van der Waals surface area contributed by atoms with Gasteiger partial charge in [-0.3, -0.25) is 10.1 Å². The summed E-state index contributed by atoms with van der Waals surface area (Å²) >= 11 is 1.53. The first-order valence-electron chi connectivity index (χ1n) is 7.22. The molecule has 1 heterocycles. The summed E-state index contributed by atoms with van der Waals surface area (Å²) in [6, 6.07) is 16.4. The van der Waals surface area contributed by atoms with Gasteiger partial charge in [0.25, 0.3) is 5.69 Å². The van der Waals surface area contributed by atoms with Crippen LogP contribution in [0.15, 0.2) is 65.0 Å². The molecule has 0 aliphatic heterocycles. The van der Waals surface area contributed by atoms with E-state index in [1.54, 1.807) is 12.1 Å². The normalized spacial score (nSPS) is 11.6. The number of benzene rings is 2. The van der Waals surface area contributed by atoms with Crippen molar-refractivity contribution < 1.29 is 4.92 Å². The van der Waals surface area contributed by atoms with Crippen LogP contribution in [0.5, 0.6) is 0 Å². The summed E-state index contributed by atoms with van der Waals surface area (Å²) in [6.45, 7) is 2.78. The lowest BCUT2D eigenvalue weighted by Crippen LogP contribution is -2.14. The minimum atomic E-state index is -0.374. The first-order valence-corrected chi connectivity index (χ1v) is 8.10. The summed E-state index contributed by atoms with van der Waals surface area (Å²) in [5.41, 5.74) is 2.75. The third-order valence-corrected chi connectivity index (χ3v) is 4.31. The Hall–Kier alpha value is -2.73. The zero-order valence-electron chi connectivity index (χ0n) is 12.5. The van der Waals surface area contributed by atoms with Gasteiger partial charge in [-0.2, -0.15) is 0 Å². The molecule has 3 rings (SSSR count). The third kappa shape index (κ3) is 3.22. The fourth-order valence-electron chi connectivity index (χ4n) is 2.35. The highest BCUT2D eigenvalue weighted by Crippen LogP contribution is 2.24. The number of hydrogen-bond acceptors (Lipinski definition) is 4. The summed E-state index contributed by atoms with van der Waals surface area (Å²) in [6.07, 6.45) is 0. The fourth-order valence-corrected chi connectivity index (χ4v) is 3.34. The van der Waals surface area contributed by atoms with Crippen LogP contribution in [0.3, 0.4) is 0 Å². The molecule has 0 saturated heterocycles. The maximum absolute atomic E-state index is 11.0. The van der Waals surface area contributed by atoms with Crippen LogP contribution in [0.1, 0.15) is 6.92 Å². The summed E-state index contributed by atoms with van der Waals surface area (Å²) in [5.74, 6) is 0. The number of rotatable bonds is 4. The molecular formula is C17H15N3O2S. The SMILES string of the molecule is CCn1c(-c2cccc([N+](=O)[O-])c2)csc1=Nc1ccccc1. The Balaban J connectivity index is 2.10. The Morgan fingerprint density at radius 2 is 1.96 bits per heavy atom. The van der Waals surface area contributed by atoms with E-state index in [9.17, 15) is 10.1 Å². The molecule has 6 heteroatoms. The van der Waals surface area contributed by atoms with Gasteiger partial charge in [-0.15, -0.1) is 11.3 Å². The van der Waals surface area contributed by atoms with Crippen LogP contribution in [-0.2, 0) is 6.54 Å². The number of non-ortho nitro benzene ring substituents is 1. The molecule has 0 aliphatic carbocycles. The smallest absolute Gasteiger partial charge is 0.270 e. The van der Waals surface area contributed by atoms with Crippen molar-refractivity contribution in [2.45, 2.75) is 13.5 Å². The molecule has 0 atom stereocenters. The van der Waals surface area contributed by atoms with Crippen molar-refractivity contribution in [2.75, 3.05) is 0 Å². The van der Waals surface area contributed by atoms with Crippen LogP contribution in [0.25, 0.3) is 11.3 Å². The fraction of sp³-hybridized carbons (Fsp3) is 0.118. The van der Waals surface area contributed by atoms with Crippen LogP contribution in [0, 0.1) is 10.1 Å². The number of nitrogens with zero attached hydrogens (tertiary/aromatic N) is 3. The van der Waals surface area contributed by atoms with Crippen LogP contribution >= 0.6 is 11.3 Å². The highest BCUT2D eigenvalue weighted by Gasteiger charge is 2.11. The van der Waals surface area contributed by atoms with E-state index in [1.165, 1.54) is 17.4 Å². The predicted octanol–water partition coefficient (Wildman–Crippen LogP) is 4.38. The molecule has 5 nitrogen and oxygen atoms in total. The largest absolute Gasteiger partial charge is 0.317 e. The van der Waals surface area contributed by atoms with Crippen LogP contribution in [0.2, 0.25) is 0 Å². The molecular weight excluding hydrogens is 310 g/mol. The van der Waals surface area contributed by atoms with Crippen LogP contribution < -0.4 is 4.80 Å². The molecule has 0 radical (unpaired) electrons. The summed E-state index contributed by atoms with van der Waals surface area (Å²) < 4.78 is 2.07. The lowest BCUT2D eigenvalue weighted by atomic mass is 10.1. The highest BCUT2D eigenvalue weighted by molar-refractivity contribution is 7.07. The quantitative estimate of drug-likeness (QED) is 0.528. The van der Waals surface area contributed by atoms with E-state index < -0.39 is 0 Å².